The van der Waals surface area contributed by atoms with Gasteiger partial charge in [0.1, 0.15) is 6.10 Å². The zero-order valence-corrected chi connectivity index (χ0v) is 24.8. The van der Waals surface area contributed by atoms with Crippen LogP contribution in [0.1, 0.15) is 71.5 Å². The topological polar surface area (TPSA) is 80.3 Å². The van der Waals surface area contributed by atoms with Crippen molar-refractivity contribution in [2.75, 3.05) is 41.4 Å². The molecule has 38 heavy (non-hydrogen) atoms. The van der Waals surface area contributed by atoms with Crippen molar-refractivity contribution < 1.29 is 23.8 Å². The third kappa shape index (κ3) is 9.33. The lowest BCUT2D eigenvalue weighted by molar-refractivity contribution is -0.140. The maximum absolute atomic E-state index is 13.5. The first-order valence-corrected chi connectivity index (χ1v) is 14.1. The van der Waals surface area contributed by atoms with E-state index in [1.54, 1.807) is 14.2 Å². The second-order valence-electron chi connectivity index (χ2n) is 11.0. The van der Waals surface area contributed by atoms with Gasteiger partial charge in [-0.2, -0.15) is 0 Å². The molecule has 6 atom stereocenters. The van der Waals surface area contributed by atoms with Crippen LogP contribution in [0.4, 0.5) is 0 Å². The molecule has 1 saturated heterocycles. The molecule has 0 aliphatic carbocycles. The first-order chi connectivity index (χ1) is 18.1. The van der Waals surface area contributed by atoms with E-state index in [-0.39, 0.29) is 54.7 Å². The lowest BCUT2D eigenvalue weighted by Crippen LogP contribution is -2.50. The quantitative estimate of drug-likeness (QED) is 0.345. The van der Waals surface area contributed by atoms with Gasteiger partial charge in [-0.1, -0.05) is 50.6 Å². The molecule has 1 aromatic rings. The van der Waals surface area contributed by atoms with Crippen LogP contribution in [-0.4, -0.2) is 93.4 Å². The summed E-state index contributed by atoms with van der Waals surface area (Å²) in [5.74, 6) is 0.349. The van der Waals surface area contributed by atoms with Crippen LogP contribution < -0.4 is 5.32 Å². The molecule has 6 unspecified atom stereocenters. The van der Waals surface area contributed by atoms with E-state index in [4.69, 9.17) is 14.2 Å². The predicted octanol–water partition coefficient (Wildman–Crippen LogP) is 4.05. The summed E-state index contributed by atoms with van der Waals surface area (Å²) in [7, 11) is 7.39. The Morgan fingerprint density at radius 2 is 1.76 bits per heavy atom. The van der Waals surface area contributed by atoms with E-state index in [0.717, 1.165) is 24.8 Å². The van der Waals surface area contributed by atoms with Crippen LogP contribution in [0, 0.1) is 5.92 Å². The van der Waals surface area contributed by atoms with Crippen molar-refractivity contribution >= 4 is 11.8 Å². The highest BCUT2D eigenvalue weighted by molar-refractivity contribution is 5.79. The number of carbonyl (C=O) groups is 2. The van der Waals surface area contributed by atoms with Crippen LogP contribution in [0.25, 0.3) is 0 Å². The van der Waals surface area contributed by atoms with Gasteiger partial charge in [0, 0.05) is 33.4 Å². The predicted molar refractivity (Wildman–Crippen MR) is 151 cm³/mol. The highest BCUT2D eigenvalue weighted by Gasteiger charge is 2.38. The van der Waals surface area contributed by atoms with Crippen molar-refractivity contribution in [1.82, 2.24) is 15.1 Å². The molecule has 8 nitrogen and oxygen atoms in total. The van der Waals surface area contributed by atoms with Gasteiger partial charge in [-0.25, -0.2) is 0 Å². The molecule has 1 aliphatic heterocycles. The Labute approximate surface area is 230 Å². The highest BCUT2D eigenvalue weighted by Crippen LogP contribution is 2.27. The minimum absolute atomic E-state index is 0.0326. The molecule has 0 radical (unpaired) electrons. The summed E-state index contributed by atoms with van der Waals surface area (Å²) in [5.41, 5.74) is 1.03. The zero-order valence-electron chi connectivity index (χ0n) is 24.8. The Kier molecular flexibility index (Phi) is 13.7. The summed E-state index contributed by atoms with van der Waals surface area (Å²) in [6.45, 7) is 9.40. The Morgan fingerprint density at radius 3 is 2.32 bits per heavy atom. The third-order valence-electron chi connectivity index (χ3n) is 7.71. The SMILES string of the molecule is CCC(C)C(C(CC(=O)N1CCCC1C(CC(=O)NCC(OC(C)C)c1ccccc1)OC)OC)N(C)C. The van der Waals surface area contributed by atoms with E-state index >= 15 is 0 Å². The standard InChI is InChI=1S/C30H51N3O5/c1-9-22(4)30(32(5)6)26(37-8)19-29(35)33-17-13-16-24(33)25(36-7)18-28(34)31-20-27(38-21(2)3)23-14-11-10-12-15-23/h10-12,14-15,21-22,24-27,30H,9,13,16-20H2,1-8H3,(H,31,34). The van der Waals surface area contributed by atoms with E-state index in [1.807, 2.05) is 63.2 Å². The molecule has 0 spiro atoms. The molecule has 1 heterocycles. The van der Waals surface area contributed by atoms with Gasteiger partial charge < -0.3 is 29.3 Å². The number of hydrogen-bond donors (Lipinski definition) is 1. The molecule has 0 aromatic heterocycles. The van der Waals surface area contributed by atoms with Crippen LogP contribution in [0.2, 0.25) is 0 Å². The number of nitrogens with zero attached hydrogens (tertiary/aromatic N) is 2. The van der Waals surface area contributed by atoms with Crippen LogP contribution in [-0.2, 0) is 23.8 Å². The Hall–Kier alpha value is -2.00. The Balaban J connectivity index is 2.02. The molecule has 0 saturated carbocycles. The molecule has 1 aromatic carbocycles. The molecule has 8 heteroatoms. The molecule has 2 amide bonds. The van der Waals surface area contributed by atoms with E-state index in [0.29, 0.717) is 25.4 Å². The van der Waals surface area contributed by atoms with Crippen LogP contribution in [0.5, 0.6) is 0 Å². The number of likely N-dealkylation sites (N-methyl/N-ethyl adjacent to an activating group) is 1. The number of benzene rings is 1. The minimum atomic E-state index is -0.372. The number of likely N-dealkylation sites (tertiary alicyclic amines) is 1. The van der Waals surface area contributed by atoms with Gasteiger partial charge >= 0.3 is 0 Å². The normalized spacial score (nSPS) is 19.8. The summed E-state index contributed by atoms with van der Waals surface area (Å²) in [6.07, 6.45) is 2.46. The van der Waals surface area contributed by atoms with Crippen molar-refractivity contribution in [2.45, 2.75) is 96.3 Å². The number of rotatable bonds is 16. The van der Waals surface area contributed by atoms with Crippen molar-refractivity contribution in [3.05, 3.63) is 35.9 Å². The maximum Gasteiger partial charge on any atom is 0.225 e. The van der Waals surface area contributed by atoms with Crippen molar-refractivity contribution in [3.63, 3.8) is 0 Å². The average molecular weight is 534 g/mol. The molecule has 2 rings (SSSR count). The molecule has 1 fully saturated rings. The third-order valence-corrected chi connectivity index (χ3v) is 7.71. The largest absolute Gasteiger partial charge is 0.379 e. The Bertz CT molecular complexity index is 834. The molecule has 216 valence electrons. The fraction of sp³-hybridized carbons (Fsp3) is 0.733. The second-order valence-corrected chi connectivity index (χ2v) is 11.0. The fourth-order valence-corrected chi connectivity index (χ4v) is 5.65. The number of amides is 2. The molecule has 1 aliphatic rings. The lowest BCUT2D eigenvalue weighted by Gasteiger charge is -2.37. The van der Waals surface area contributed by atoms with Gasteiger partial charge in [0.25, 0.3) is 0 Å². The summed E-state index contributed by atoms with van der Waals surface area (Å²) >= 11 is 0. The number of carbonyl (C=O) groups excluding carboxylic acids is 2. The van der Waals surface area contributed by atoms with Gasteiger partial charge in [-0.05, 0) is 52.3 Å². The molecular weight excluding hydrogens is 482 g/mol. The van der Waals surface area contributed by atoms with E-state index in [9.17, 15) is 9.59 Å². The zero-order chi connectivity index (χ0) is 28.2. The highest BCUT2D eigenvalue weighted by atomic mass is 16.5. The summed E-state index contributed by atoms with van der Waals surface area (Å²) < 4.78 is 17.7. The van der Waals surface area contributed by atoms with Crippen LogP contribution >= 0.6 is 0 Å². The first kappa shape index (κ1) is 32.2. The first-order valence-electron chi connectivity index (χ1n) is 14.1. The number of nitrogens with one attached hydrogen (secondary N) is 1. The average Bonchev–Trinajstić information content (AvgIpc) is 3.39. The summed E-state index contributed by atoms with van der Waals surface area (Å²) in [4.78, 5) is 30.6. The lowest BCUT2D eigenvalue weighted by atomic mass is 9.91. The number of hydrogen-bond acceptors (Lipinski definition) is 6. The van der Waals surface area contributed by atoms with Crippen LogP contribution in [0.15, 0.2) is 30.3 Å². The van der Waals surface area contributed by atoms with Gasteiger partial charge in [-0.3, -0.25) is 9.59 Å². The van der Waals surface area contributed by atoms with E-state index in [2.05, 4.69) is 24.1 Å². The van der Waals surface area contributed by atoms with Crippen molar-refractivity contribution in [2.24, 2.45) is 5.92 Å². The molecule has 1 N–H and O–H groups in total. The summed E-state index contributed by atoms with van der Waals surface area (Å²) in [6, 6.07) is 9.94. The number of methoxy groups -OCH3 is 2. The van der Waals surface area contributed by atoms with Gasteiger partial charge in [0.15, 0.2) is 0 Å². The Morgan fingerprint density at radius 1 is 1.08 bits per heavy atom. The molecular formula is C30H51N3O5. The van der Waals surface area contributed by atoms with E-state index < -0.39 is 0 Å². The van der Waals surface area contributed by atoms with Gasteiger partial charge in [-0.15, -0.1) is 0 Å². The number of ether oxygens (including phenoxy) is 3. The fourth-order valence-electron chi connectivity index (χ4n) is 5.65. The van der Waals surface area contributed by atoms with E-state index in [1.165, 1.54) is 0 Å². The smallest absolute Gasteiger partial charge is 0.225 e. The maximum atomic E-state index is 13.5. The monoisotopic (exact) mass is 533 g/mol. The van der Waals surface area contributed by atoms with Gasteiger partial charge in [0.05, 0.1) is 37.2 Å². The van der Waals surface area contributed by atoms with Crippen molar-refractivity contribution in [3.8, 4) is 0 Å². The molecule has 0 bridgehead atoms. The van der Waals surface area contributed by atoms with Gasteiger partial charge in [0.2, 0.25) is 11.8 Å². The summed E-state index contributed by atoms with van der Waals surface area (Å²) in [5, 5.41) is 3.03. The van der Waals surface area contributed by atoms with Crippen molar-refractivity contribution in [1.29, 1.82) is 0 Å². The minimum Gasteiger partial charge on any atom is -0.379 e. The second kappa shape index (κ2) is 16.2. The van der Waals surface area contributed by atoms with Crippen LogP contribution in [0.3, 0.4) is 0 Å².